The Balaban J connectivity index is 2.07. The van der Waals surface area contributed by atoms with Gasteiger partial charge in [0.05, 0.1) is 17.6 Å². The van der Waals surface area contributed by atoms with Crippen molar-refractivity contribution in [3.8, 4) is 11.5 Å². The zero-order chi connectivity index (χ0) is 17.9. The van der Waals surface area contributed by atoms with Crippen LogP contribution in [0.5, 0.6) is 0 Å². The SMILES string of the molecule is C[NH+](CC(=O)NC(C)(C)C)Cn1nc(-c2ccccc2Cl)oc1=S. The molecule has 0 aliphatic carbocycles. The number of amides is 1. The van der Waals surface area contributed by atoms with E-state index in [1.807, 2.05) is 46.0 Å². The summed E-state index contributed by atoms with van der Waals surface area (Å²) in [6.45, 7) is 6.58. The van der Waals surface area contributed by atoms with Crippen LogP contribution in [0.15, 0.2) is 28.7 Å². The van der Waals surface area contributed by atoms with Crippen LogP contribution in [0.1, 0.15) is 20.8 Å². The van der Waals surface area contributed by atoms with Crippen LogP contribution in [-0.4, -0.2) is 34.8 Å². The highest BCUT2D eigenvalue weighted by atomic mass is 35.5. The Hall–Kier alpha value is -1.70. The van der Waals surface area contributed by atoms with Crippen molar-refractivity contribution in [1.29, 1.82) is 0 Å². The molecular weight excluding hydrogens is 348 g/mol. The van der Waals surface area contributed by atoms with Crippen molar-refractivity contribution in [2.24, 2.45) is 0 Å². The first-order valence-electron chi connectivity index (χ1n) is 7.61. The summed E-state index contributed by atoms with van der Waals surface area (Å²) in [5.74, 6) is 0.346. The summed E-state index contributed by atoms with van der Waals surface area (Å²) in [6.07, 6.45) is 0. The molecule has 24 heavy (non-hydrogen) atoms. The highest BCUT2D eigenvalue weighted by Gasteiger charge is 2.19. The van der Waals surface area contributed by atoms with Gasteiger partial charge >= 0.3 is 0 Å². The predicted molar refractivity (Wildman–Crippen MR) is 95.4 cm³/mol. The van der Waals surface area contributed by atoms with Crippen LogP contribution >= 0.6 is 23.8 Å². The van der Waals surface area contributed by atoms with E-state index in [-0.39, 0.29) is 16.3 Å². The molecule has 8 heteroatoms. The van der Waals surface area contributed by atoms with E-state index in [1.54, 1.807) is 10.7 Å². The first-order valence-corrected chi connectivity index (χ1v) is 8.39. The van der Waals surface area contributed by atoms with Gasteiger partial charge in [0.15, 0.2) is 13.2 Å². The van der Waals surface area contributed by atoms with Gasteiger partial charge in [0.1, 0.15) is 0 Å². The fourth-order valence-corrected chi connectivity index (χ4v) is 2.60. The summed E-state index contributed by atoms with van der Waals surface area (Å²) in [6, 6.07) is 7.28. The van der Waals surface area contributed by atoms with Gasteiger partial charge < -0.3 is 14.6 Å². The van der Waals surface area contributed by atoms with Crippen molar-refractivity contribution in [3.05, 3.63) is 34.1 Å². The van der Waals surface area contributed by atoms with Gasteiger partial charge in [-0.15, -0.1) is 5.10 Å². The fourth-order valence-electron chi connectivity index (χ4n) is 2.20. The highest BCUT2D eigenvalue weighted by Crippen LogP contribution is 2.25. The average Bonchev–Trinajstić information content (AvgIpc) is 2.77. The first-order chi connectivity index (χ1) is 11.2. The molecule has 0 spiro atoms. The van der Waals surface area contributed by atoms with E-state index >= 15 is 0 Å². The topological polar surface area (TPSA) is 64.5 Å². The Bertz CT molecular complexity index is 779. The maximum Gasteiger partial charge on any atom is 0.292 e. The summed E-state index contributed by atoms with van der Waals surface area (Å²) in [7, 11) is 1.90. The lowest BCUT2D eigenvalue weighted by atomic mass is 10.1. The lowest BCUT2D eigenvalue weighted by Gasteiger charge is -2.21. The summed E-state index contributed by atoms with van der Waals surface area (Å²) in [5.41, 5.74) is 0.436. The van der Waals surface area contributed by atoms with Crippen molar-refractivity contribution in [3.63, 3.8) is 0 Å². The van der Waals surface area contributed by atoms with Gasteiger partial charge in [-0.05, 0) is 45.1 Å². The number of benzene rings is 1. The second-order valence-corrected chi connectivity index (χ2v) is 7.50. The molecule has 0 aliphatic rings. The van der Waals surface area contributed by atoms with Gasteiger partial charge in [-0.3, -0.25) is 4.79 Å². The van der Waals surface area contributed by atoms with Crippen molar-refractivity contribution >= 4 is 29.7 Å². The molecule has 1 unspecified atom stereocenters. The molecule has 0 radical (unpaired) electrons. The number of nitrogens with one attached hydrogen (secondary N) is 2. The first kappa shape index (κ1) is 18.6. The van der Waals surface area contributed by atoms with Gasteiger partial charge in [-0.25, -0.2) is 0 Å². The summed E-state index contributed by atoms with van der Waals surface area (Å²) >= 11 is 11.4. The molecule has 0 saturated carbocycles. The second kappa shape index (κ2) is 7.46. The van der Waals surface area contributed by atoms with Crippen LogP contribution in [0.25, 0.3) is 11.5 Å². The summed E-state index contributed by atoms with van der Waals surface area (Å²) in [4.78, 5) is 13.2. The van der Waals surface area contributed by atoms with Gasteiger partial charge in [0.25, 0.3) is 10.7 Å². The largest absolute Gasteiger partial charge is 0.409 e. The third-order valence-electron chi connectivity index (χ3n) is 3.11. The van der Waals surface area contributed by atoms with Crippen LogP contribution in [0.3, 0.4) is 0 Å². The van der Waals surface area contributed by atoms with Gasteiger partial charge in [-0.2, -0.15) is 4.68 Å². The molecule has 1 amide bonds. The molecule has 6 nitrogen and oxygen atoms in total. The number of rotatable bonds is 5. The zero-order valence-corrected chi connectivity index (χ0v) is 15.8. The number of nitrogens with zero attached hydrogens (tertiary/aromatic N) is 2. The fraction of sp³-hybridized carbons (Fsp3) is 0.438. The van der Waals surface area contributed by atoms with Crippen molar-refractivity contribution < 1.29 is 14.1 Å². The number of carbonyl (C=O) groups excluding carboxylic acids is 1. The van der Waals surface area contributed by atoms with Gasteiger partial charge in [0, 0.05) is 5.54 Å². The molecule has 1 aromatic carbocycles. The number of aromatic nitrogens is 2. The van der Waals surface area contributed by atoms with Crippen LogP contribution in [0, 0.1) is 4.84 Å². The highest BCUT2D eigenvalue weighted by molar-refractivity contribution is 7.71. The maximum atomic E-state index is 12.0. The van der Waals surface area contributed by atoms with Crippen LogP contribution in [-0.2, 0) is 11.5 Å². The summed E-state index contributed by atoms with van der Waals surface area (Å²) < 4.78 is 7.10. The number of carbonyl (C=O) groups is 1. The predicted octanol–water partition coefficient (Wildman–Crippen LogP) is 1.91. The third kappa shape index (κ3) is 5.15. The molecule has 1 atom stereocenters. The maximum absolute atomic E-state index is 12.0. The van der Waals surface area contributed by atoms with E-state index in [1.165, 1.54) is 0 Å². The minimum atomic E-state index is -0.251. The number of likely N-dealkylation sites (N-methyl/N-ethyl adjacent to an activating group) is 1. The number of quaternary nitrogens is 1. The molecule has 0 bridgehead atoms. The number of hydrogen-bond acceptors (Lipinski definition) is 4. The molecule has 130 valence electrons. The Kier molecular flexibility index (Phi) is 5.79. The third-order valence-corrected chi connectivity index (χ3v) is 3.73. The van der Waals surface area contributed by atoms with E-state index in [9.17, 15) is 4.79 Å². The Morgan fingerprint density at radius 2 is 2.08 bits per heavy atom. The van der Waals surface area contributed by atoms with Crippen molar-refractivity contribution in [2.45, 2.75) is 33.0 Å². The molecular formula is C16H22ClN4O2S+. The Morgan fingerprint density at radius 1 is 1.42 bits per heavy atom. The molecule has 0 aliphatic heterocycles. The number of hydrogen-bond donors (Lipinski definition) is 2. The van der Waals surface area contributed by atoms with Crippen molar-refractivity contribution in [1.82, 2.24) is 15.1 Å². The molecule has 2 N–H and O–H groups in total. The lowest BCUT2D eigenvalue weighted by molar-refractivity contribution is -0.895. The minimum absolute atomic E-state index is 0.0265. The average molecular weight is 370 g/mol. The molecule has 0 fully saturated rings. The zero-order valence-electron chi connectivity index (χ0n) is 14.2. The molecule has 1 heterocycles. The molecule has 2 aromatic rings. The normalized spacial score (nSPS) is 12.9. The van der Waals surface area contributed by atoms with E-state index in [0.29, 0.717) is 29.7 Å². The van der Waals surface area contributed by atoms with Crippen LogP contribution < -0.4 is 10.2 Å². The van der Waals surface area contributed by atoms with Gasteiger partial charge in [-0.1, -0.05) is 23.7 Å². The van der Waals surface area contributed by atoms with E-state index in [4.69, 9.17) is 28.2 Å². The quantitative estimate of drug-likeness (QED) is 0.790. The van der Waals surface area contributed by atoms with E-state index < -0.39 is 0 Å². The van der Waals surface area contributed by atoms with E-state index in [0.717, 1.165) is 4.90 Å². The summed E-state index contributed by atoms with van der Waals surface area (Å²) in [5, 5.41) is 7.85. The minimum Gasteiger partial charge on any atom is -0.409 e. The smallest absolute Gasteiger partial charge is 0.292 e. The van der Waals surface area contributed by atoms with Crippen LogP contribution in [0.2, 0.25) is 5.02 Å². The van der Waals surface area contributed by atoms with E-state index in [2.05, 4.69) is 10.4 Å². The Morgan fingerprint density at radius 3 is 2.71 bits per heavy atom. The standard InChI is InChI=1S/C16H21ClN4O2S/c1-16(2,3)18-13(22)9-20(4)10-21-15(24)23-14(19-21)11-7-5-6-8-12(11)17/h5-8H,9-10H2,1-4H3,(H,18,22)/p+1. The van der Waals surface area contributed by atoms with Gasteiger partial charge in [0.2, 0.25) is 5.89 Å². The lowest BCUT2D eigenvalue weighted by Crippen LogP contribution is -3.09. The molecule has 0 saturated heterocycles. The van der Waals surface area contributed by atoms with Crippen LogP contribution in [0.4, 0.5) is 0 Å². The monoisotopic (exact) mass is 369 g/mol. The number of halogens is 1. The molecule has 1 aromatic heterocycles. The second-order valence-electron chi connectivity index (χ2n) is 6.74. The van der Waals surface area contributed by atoms with Crippen molar-refractivity contribution in [2.75, 3.05) is 13.6 Å². The Labute approximate surface area is 151 Å². The molecule has 2 rings (SSSR count).